The Hall–Kier alpha value is -1.51. The van der Waals surface area contributed by atoms with Gasteiger partial charge in [0, 0.05) is 19.6 Å². The zero-order valence-corrected chi connectivity index (χ0v) is 9.27. The molecule has 1 aromatic rings. The second kappa shape index (κ2) is 4.34. The Balaban J connectivity index is 1.90. The van der Waals surface area contributed by atoms with Crippen LogP contribution in [0.2, 0.25) is 0 Å². The van der Waals surface area contributed by atoms with E-state index in [0.717, 1.165) is 19.0 Å². The molecule has 0 radical (unpaired) electrons. The number of nitrogens with one attached hydrogen (secondary N) is 1. The summed E-state index contributed by atoms with van der Waals surface area (Å²) >= 11 is 0. The van der Waals surface area contributed by atoms with Crippen molar-refractivity contribution < 1.29 is 0 Å². The molecule has 1 atom stereocenters. The second-order valence-electron chi connectivity index (χ2n) is 3.96. The number of hydrogen-bond donors (Lipinski definition) is 1. The van der Waals surface area contributed by atoms with Crippen LogP contribution in [0.3, 0.4) is 0 Å². The lowest BCUT2D eigenvalue weighted by Crippen LogP contribution is -2.39. The van der Waals surface area contributed by atoms with Gasteiger partial charge < -0.3 is 10.2 Å². The molecule has 1 N–H and O–H groups in total. The fraction of sp³-hybridized carbons (Fsp3) is 0.417. The monoisotopic (exact) mass is 203 g/mol. The fourth-order valence-electron chi connectivity index (χ4n) is 1.62. The van der Waals surface area contributed by atoms with Gasteiger partial charge in [-0.05, 0) is 12.5 Å². The molecule has 80 valence electrons. The third kappa shape index (κ3) is 2.29. The Morgan fingerprint density at radius 3 is 2.73 bits per heavy atom. The Kier molecular flexibility index (Phi) is 2.90. The number of aliphatic imine (C=N–C) groups is 1. The summed E-state index contributed by atoms with van der Waals surface area (Å²) in [6.07, 6.45) is 0. The molecule has 0 saturated heterocycles. The van der Waals surface area contributed by atoms with E-state index in [2.05, 4.69) is 53.4 Å². The SMILES string of the molecule is CC1CN=C(NCc2ccccc2)N1C. The number of nitrogens with zero attached hydrogens (tertiary/aromatic N) is 2. The van der Waals surface area contributed by atoms with E-state index in [1.165, 1.54) is 5.56 Å². The van der Waals surface area contributed by atoms with Crippen LogP contribution in [0.4, 0.5) is 0 Å². The molecular weight excluding hydrogens is 186 g/mol. The van der Waals surface area contributed by atoms with Crippen LogP contribution in [0.15, 0.2) is 35.3 Å². The molecule has 0 amide bonds. The van der Waals surface area contributed by atoms with Gasteiger partial charge in [-0.1, -0.05) is 30.3 Å². The van der Waals surface area contributed by atoms with Gasteiger partial charge in [-0.2, -0.15) is 0 Å². The quantitative estimate of drug-likeness (QED) is 0.788. The Morgan fingerprint density at radius 2 is 2.13 bits per heavy atom. The highest BCUT2D eigenvalue weighted by molar-refractivity contribution is 5.81. The zero-order chi connectivity index (χ0) is 10.7. The summed E-state index contributed by atoms with van der Waals surface area (Å²) < 4.78 is 0. The molecule has 0 fully saturated rings. The van der Waals surface area contributed by atoms with Crippen molar-refractivity contribution in [2.45, 2.75) is 19.5 Å². The highest BCUT2D eigenvalue weighted by atomic mass is 15.3. The zero-order valence-electron chi connectivity index (χ0n) is 9.27. The van der Waals surface area contributed by atoms with Crippen LogP contribution in [-0.4, -0.2) is 30.5 Å². The van der Waals surface area contributed by atoms with Crippen LogP contribution in [0.1, 0.15) is 12.5 Å². The van der Waals surface area contributed by atoms with Crippen LogP contribution < -0.4 is 5.32 Å². The van der Waals surface area contributed by atoms with Gasteiger partial charge in [-0.25, -0.2) is 0 Å². The molecule has 1 unspecified atom stereocenters. The summed E-state index contributed by atoms with van der Waals surface area (Å²) in [4.78, 5) is 6.63. The van der Waals surface area contributed by atoms with Crippen molar-refractivity contribution in [2.75, 3.05) is 13.6 Å². The summed E-state index contributed by atoms with van der Waals surface area (Å²) in [7, 11) is 2.08. The molecule has 15 heavy (non-hydrogen) atoms. The number of rotatable bonds is 2. The lowest BCUT2D eigenvalue weighted by atomic mass is 10.2. The Bertz CT molecular complexity index is 345. The first-order chi connectivity index (χ1) is 7.27. The molecule has 3 nitrogen and oxygen atoms in total. The Labute approximate surface area is 90.8 Å². The molecule has 0 bridgehead atoms. The minimum absolute atomic E-state index is 0.517. The standard InChI is InChI=1S/C12H17N3/c1-10-8-13-12(15(10)2)14-9-11-6-4-3-5-7-11/h3-7,10H,8-9H2,1-2H3,(H,13,14). The molecule has 0 aromatic heterocycles. The van der Waals surface area contributed by atoms with E-state index in [9.17, 15) is 0 Å². The van der Waals surface area contributed by atoms with Crippen molar-refractivity contribution in [3.8, 4) is 0 Å². The fourth-order valence-corrected chi connectivity index (χ4v) is 1.62. The molecule has 0 saturated carbocycles. The first-order valence-corrected chi connectivity index (χ1v) is 5.32. The van der Waals surface area contributed by atoms with E-state index in [1.807, 2.05) is 6.07 Å². The average Bonchev–Trinajstić information content (AvgIpc) is 2.59. The third-order valence-corrected chi connectivity index (χ3v) is 2.79. The molecule has 1 aliphatic heterocycles. The van der Waals surface area contributed by atoms with Gasteiger partial charge in [0.05, 0.1) is 6.54 Å². The maximum atomic E-state index is 4.44. The summed E-state index contributed by atoms with van der Waals surface area (Å²) in [5.41, 5.74) is 1.29. The summed E-state index contributed by atoms with van der Waals surface area (Å²) in [5.74, 6) is 1.01. The van der Waals surface area contributed by atoms with E-state index in [-0.39, 0.29) is 0 Å². The summed E-state index contributed by atoms with van der Waals surface area (Å²) in [6.45, 7) is 3.92. The maximum Gasteiger partial charge on any atom is 0.194 e. The van der Waals surface area contributed by atoms with Gasteiger partial charge in [-0.15, -0.1) is 0 Å². The molecule has 1 aliphatic rings. The number of hydrogen-bond acceptors (Lipinski definition) is 3. The van der Waals surface area contributed by atoms with Crippen LogP contribution in [0.25, 0.3) is 0 Å². The van der Waals surface area contributed by atoms with E-state index >= 15 is 0 Å². The summed E-state index contributed by atoms with van der Waals surface area (Å²) in [6, 6.07) is 10.9. The largest absolute Gasteiger partial charge is 0.352 e. The molecule has 0 aliphatic carbocycles. The van der Waals surface area contributed by atoms with Crippen LogP contribution in [-0.2, 0) is 6.54 Å². The first-order valence-electron chi connectivity index (χ1n) is 5.32. The highest BCUT2D eigenvalue weighted by Gasteiger charge is 2.19. The van der Waals surface area contributed by atoms with Crippen molar-refractivity contribution in [3.63, 3.8) is 0 Å². The molecule has 2 rings (SSSR count). The van der Waals surface area contributed by atoms with Crippen LogP contribution in [0.5, 0.6) is 0 Å². The van der Waals surface area contributed by atoms with Gasteiger partial charge >= 0.3 is 0 Å². The number of benzene rings is 1. The smallest absolute Gasteiger partial charge is 0.194 e. The normalized spacial score (nSPS) is 20.3. The highest BCUT2D eigenvalue weighted by Crippen LogP contribution is 2.06. The minimum Gasteiger partial charge on any atom is -0.352 e. The molecule has 1 aromatic carbocycles. The predicted octanol–water partition coefficient (Wildman–Crippen LogP) is 1.47. The lowest BCUT2D eigenvalue weighted by Gasteiger charge is -2.20. The van der Waals surface area contributed by atoms with Gasteiger partial charge in [0.25, 0.3) is 0 Å². The predicted molar refractivity (Wildman–Crippen MR) is 62.8 cm³/mol. The van der Waals surface area contributed by atoms with Crippen LogP contribution >= 0.6 is 0 Å². The van der Waals surface area contributed by atoms with Crippen molar-refractivity contribution in [3.05, 3.63) is 35.9 Å². The van der Waals surface area contributed by atoms with Crippen molar-refractivity contribution >= 4 is 5.96 Å². The van der Waals surface area contributed by atoms with Crippen LogP contribution in [0, 0.1) is 0 Å². The molecule has 0 spiro atoms. The van der Waals surface area contributed by atoms with E-state index in [1.54, 1.807) is 0 Å². The number of guanidine groups is 1. The second-order valence-corrected chi connectivity index (χ2v) is 3.96. The van der Waals surface area contributed by atoms with E-state index in [4.69, 9.17) is 0 Å². The minimum atomic E-state index is 0.517. The Morgan fingerprint density at radius 1 is 1.40 bits per heavy atom. The maximum absolute atomic E-state index is 4.44. The molecular formula is C12H17N3. The van der Waals surface area contributed by atoms with E-state index in [0.29, 0.717) is 6.04 Å². The van der Waals surface area contributed by atoms with Gasteiger partial charge in [0.2, 0.25) is 0 Å². The molecule has 3 heteroatoms. The van der Waals surface area contributed by atoms with Gasteiger partial charge in [0.15, 0.2) is 5.96 Å². The topological polar surface area (TPSA) is 27.6 Å². The third-order valence-electron chi connectivity index (χ3n) is 2.79. The van der Waals surface area contributed by atoms with Crippen molar-refractivity contribution in [1.82, 2.24) is 10.2 Å². The van der Waals surface area contributed by atoms with E-state index < -0.39 is 0 Å². The molecule has 1 heterocycles. The van der Waals surface area contributed by atoms with Gasteiger partial charge in [-0.3, -0.25) is 4.99 Å². The van der Waals surface area contributed by atoms with Gasteiger partial charge in [0.1, 0.15) is 0 Å². The summed E-state index contributed by atoms with van der Waals surface area (Å²) in [5, 5.41) is 3.35. The number of likely N-dealkylation sites (N-methyl/N-ethyl adjacent to an activating group) is 1. The lowest BCUT2D eigenvalue weighted by molar-refractivity contribution is 0.420. The average molecular weight is 203 g/mol. The van der Waals surface area contributed by atoms with Crippen molar-refractivity contribution in [2.24, 2.45) is 4.99 Å². The first kappa shape index (κ1) is 10.0. The van der Waals surface area contributed by atoms with Crippen molar-refractivity contribution in [1.29, 1.82) is 0 Å².